The number of aromatic carboxylic acids is 1. The molecule has 6 heteroatoms. The van der Waals surface area contributed by atoms with Gasteiger partial charge in [-0.25, -0.2) is 9.78 Å². The summed E-state index contributed by atoms with van der Waals surface area (Å²) < 4.78 is 5.74. The van der Waals surface area contributed by atoms with Crippen LogP contribution in [0.1, 0.15) is 29.8 Å². The van der Waals surface area contributed by atoms with Gasteiger partial charge in [0.05, 0.1) is 23.8 Å². The first-order chi connectivity index (χ1) is 9.16. The highest BCUT2D eigenvalue weighted by molar-refractivity contribution is 6.33. The predicted octanol–water partition coefficient (Wildman–Crippen LogP) is 2.19. The van der Waals surface area contributed by atoms with Gasteiger partial charge in [-0.05, 0) is 31.4 Å². The number of hydrogen-bond acceptors (Lipinski definition) is 4. The molecule has 0 radical (unpaired) electrons. The van der Waals surface area contributed by atoms with Gasteiger partial charge >= 0.3 is 5.97 Å². The Balaban J connectivity index is 1.93. The molecule has 19 heavy (non-hydrogen) atoms. The highest BCUT2D eigenvalue weighted by Gasteiger charge is 2.36. The molecule has 5 nitrogen and oxygen atoms in total. The number of ether oxygens (including phenoxy) is 1. The van der Waals surface area contributed by atoms with Crippen LogP contribution in [0.5, 0.6) is 0 Å². The second-order valence-corrected chi connectivity index (χ2v) is 5.31. The standard InChI is InChI=1S/C13H15ClN2O3/c14-8-4-5-11(15-12(8)13(17)18)16-6-7-19-10-3-1-2-9(10)16/h4-5,9-10H,1-3,6-7H2,(H,17,18). The number of carbonyl (C=O) groups is 1. The van der Waals surface area contributed by atoms with Gasteiger partial charge in [-0.1, -0.05) is 11.6 Å². The maximum absolute atomic E-state index is 11.1. The zero-order chi connectivity index (χ0) is 13.4. The monoisotopic (exact) mass is 282 g/mol. The molecule has 0 aromatic carbocycles. The maximum atomic E-state index is 11.1. The van der Waals surface area contributed by atoms with Crippen LogP contribution in [-0.2, 0) is 4.74 Å². The van der Waals surface area contributed by atoms with Crippen LogP contribution in [0.15, 0.2) is 12.1 Å². The van der Waals surface area contributed by atoms with E-state index < -0.39 is 5.97 Å². The molecule has 0 spiro atoms. The van der Waals surface area contributed by atoms with Crippen LogP contribution in [0.2, 0.25) is 5.02 Å². The number of carboxylic acids is 1. The van der Waals surface area contributed by atoms with E-state index in [1.54, 1.807) is 12.1 Å². The van der Waals surface area contributed by atoms with Crippen LogP contribution in [-0.4, -0.2) is 41.4 Å². The largest absolute Gasteiger partial charge is 0.476 e. The van der Waals surface area contributed by atoms with E-state index in [-0.39, 0.29) is 16.8 Å². The number of anilines is 1. The highest BCUT2D eigenvalue weighted by atomic mass is 35.5. The molecule has 1 saturated heterocycles. The molecule has 1 saturated carbocycles. The SMILES string of the molecule is O=C(O)c1nc(N2CCOC3CCCC32)ccc1Cl. The molecule has 1 aliphatic heterocycles. The molecular weight excluding hydrogens is 268 g/mol. The summed E-state index contributed by atoms with van der Waals surface area (Å²) in [4.78, 5) is 17.4. The van der Waals surface area contributed by atoms with E-state index in [1.807, 2.05) is 0 Å². The fourth-order valence-electron chi connectivity index (χ4n) is 2.95. The number of aromatic nitrogens is 1. The molecule has 1 aromatic rings. The summed E-state index contributed by atoms with van der Waals surface area (Å²) in [5.41, 5.74) is -0.0831. The first-order valence-electron chi connectivity index (χ1n) is 6.45. The molecule has 2 atom stereocenters. The topological polar surface area (TPSA) is 62.7 Å². The number of morpholine rings is 1. The van der Waals surface area contributed by atoms with E-state index in [0.717, 1.165) is 25.8 Å². The lowest BCUT2D eigenvalue weighted by Crippen LogP contribution is -2.49. The molecule has 1 aliphatic carbocycles. The van der Waals surface area contributed by atoms with E-state index in [1.165, 1.54) is 0 Å². The van der Waals surface area contributed by atoms with Gasteiger partial charge in [0.25, 0.3) is 0 Å². The van der Waals surface area contributed by atoms with E-state index in [2.05, 4.69) is 9.88 Å². The second-order valence-electron chi connectivity index (χ2n) is 4.91. The van der Waals surface area contributed by atoms with Crippen molar-refractivity contribution in [1.82, 2.24) is 4.98 Å². The summed E-state index contributed by atoms with van der Waals surface area (Å²) in [6.07, 6.45) is 3.53. The zero-order valence-electron chi connectivity index (χ0n) is 10.4. The molecule has 2 heterocycles. The Hall–Kier alpha value is -1.33. The number of halogens is 1. The molecular formula is C13H15ClN2O3. The Morgan fingerprint density at radius 1 is 1.47 bits per heavy atom. The fourth-order valence-corrected chi connectivity index (χ4v) is 3.14. The Morgan fingerprint density at radius 2 is 2.32 bits per heavy atom. The van der Waals surface area contributed by atoms with Crippen molar-refractivity contribution in [1.29, 1.82) is 0 Å². The zero-order valence-corrected chi connectivity index (χ0v) is 11.1. The molecule has 1 N–H and O–H groups in total. The minimum absolute atomic E-state index is 0.0831. The summed E-state index contributed by atoms with van der Waals surface area (Å²) >= 11 is 5.85. The summed E-state index contributed by atoms with van der Waals surface area (Å²) in [5.74, 6) is -0.412. The number of hydrogen-bond donors (Lipinski definition) is 1. The van der Waals surface area contributed by atoms with Crippen molar-refractivity contribution in [2.24, 2.45) is 0 Å². The van der Waals surface area contributed by atoms with Gasteiger partial charge < -0.3 is 14.7 Å². The first kappa shape index (κ1) is 12.7. The van der Waals surface area contributed by atoms with Gasteiger partial charge in [0.2, 0.25) is 0 Å². The number of fused-ring (bicyclic) bond motifs is 1. The van der Waals surface area contributed by atoms with Crippen LogP contribution >= 0.6 is 11.6 Å². The lowest BCUT2D eigenvalue weighted by Gasteiger charge is -2.38. The van der Waals surface area contributed by atoms with Crippen LogP contribution < -0.4 is 4.90 Å². The molecule has 2 fully saturated rings. The van der Waals surface area contributed by atoms with Crippen molar-refractivity contribution in [2.75, 3.05) is 18.1 Å². The quantitative estimate of drug-likeness (QED) is 0.901. The van der Waals surface area contributed by atoms with Crippen molar-refractivity contribution < 1.29 is 14.6 Å². The smallest absolute Gasteiger partial charge is 0.356 e. The molecule has 3 rings (SSSR count). The average Bonchev–Trinajstić information content (AvgIpc) is 2.87. The molecule has 102 valence electrons. The fraction of sp³-hybridized carbons (Fsp3) is 0.538. The van der Waals surface area contributed by atoms with Crippen molar-refractivity contribution >= 4 is 23.4 Å². The normalized spacial score (nSPS) is 26.3. The third-order valence-electron chi connectivity index (χ3n) is 3.81. The molecule has 0 bridgehead atoms. The number of carboxylic acid groups (broad SMARTS) is 1. The third kappa shape index (κ3) is 2.28. The number of nitrogens with zero attached hydrogens (tertiary/aromatic N) is 2. The molecule has 0 amide bonds. The average molecular weight is 283 g/mol. The highest BCUT2D eigenvalue weighted by Crippen LogP contribution is 2.33. The van der Waals surface area contributed by atoms with Crippen molar-refractivity contribution in [2.45, 2.75) is 31.4 Å². The van der Waals surface area contributed by atoms with Crippen molar-refractivity contribution in [3.63, 3.8) is 0 Å². The second kappa shape index (κ2) is 4.98. The van der Waals surface area contributed by atoms with E-state index in [9.17, 15) is 4.79 Å². The third-order valence-corrected chi connectivity index (χ3v) is 4.12. The summed E-state index contributed by atoms with van der Waals surface area (Å²) in [5, 5.41) is 9.26. The molecule has 2 aliphatic rings. The van der Waals surface area contributed by atoms with Crippen molar-refractivity contribution in [3.8, 4) is 0 Å². The Kier molecular flexibility index (Phi) is 3.33. The van der Waals surface area contributed by atoms with E-state index in [0.29, 0.717) is 18.5 Å². The van der Waals surface area contributed by atoms with Gasteiger partial charge in [-0.15, -0.1) is 0 Å². The first-order valence-corrected chi connectivity index (χ1v) is 6.82. The lowest BCUT2D eigenvalue weighted by atomic mass is 10.1. The Bertz CT molecular complexity index is 509. The van der Waals surface area contributed by atoms with Crippen LogP contribution in [0.3, 0.4) is 0 Å². The minimum Gasteiger partial charge on any atom is -0.476 e. The molecule has 1 aromatic heterocycles. The van der Waals surface area contributed by atoms with E-state index in [4.69, 9.17) is 21.4 Å². The number of pyridine rings is 1. The Morgan fingerprint density at radius 3 is 3.11 bits per heavy atom. The van der Waals surface area contributed by atoms with Crippen LogP contribution in [0.25, 0.3) is 0 Å². The minimum atomic E-state index is -1.09. The summed E-state index contributed by atoms with van der Waals surface area (Å²) in [6.45, 7) is 1.41. The summed E-state index contributed by atoms with van der Waals surface area (Å²) in [7, 11) is 0. The van der Waals surface area contributed by atoms with Gasteiger partial charge in [-0.3, -0.25) is 0 Å². The van der Waals surface area contributed by atoms with Gasteiger partial charge in [0.15, 0.2) is 5.69 Å². The van der Waals surface area contributed by atoms with Gasteiger partial charge in [-0.2, -0.15) is 0 Å². The predicted molar refractivity (Wildman–Crippen MR) is 70.9 cm³/mol. The maximum Gasteiger partial charge on any atom is 0.356 e. The number of rotatable bonds is 2. The lowest BCUT2D eigenvalue weighted by molar-refractivity contribution is 0.0253. The van der Waals surface area contributed by atoms with Gasteiger partial charge in [0, 0.05) is 6.54 Å². The summed E-state index contributed by atoms with van der Waals surface area (Å²) in [6, 6.07) is 3.70. The van der Waals surface area contributed by atoms with E-state index >= 15 is 0 Å². The van der Waals surface area contributed by atoms with Crippen LogP contribution in [0.4, 0.5) is 5.82 Å². The van der Waals surface area contributed by atoms with Crippen molar-refractivity contribution in [3.05, 3.63) is 22.8 Å². The van der Waals surface area contributed by atoms with Gasteiger partial charge in [0.1, 0.15) is 5.82 Å². The molecule has 2 unspecified atom stereocenters. The van der Waals surface area contributed by atoms with Crippen LogP contribution in [0, 0.1) is 0 Å². The Labute approximate surface area is 116 Å².